The van der Waals surface area contributed by atoms with Crippen molar-refractivity contribution < 1.29 is 18.0 Å². The van der Waals surface area contributed by atoms with Crippen molar-refractivity contribution in [2.45, 2.75) is 57.7 Å². The highest BCUT2D eigenvalue weighted by Crippen LogP contribution is 2.28. The van der Waals surface area contributed by atoms with Gasteiger partial charge in [0.2, 0.25) is 21.8 Å². The fraction of sp³-hybridized carbons (Fsp3) is 0.440. The summed E-state index contributed by atoms with van der Waals surface area (Å²) < 4.78 is 26.2. The zero-order valence-corrected chi connectivity index (χ0v) is 23.3. The predicted molar refractivity (Wildman–Crippen MR) is 145 cm³/mol. The Bertz CT molecular complexity index is 1180. The van der Waals surface area contributed by atoms with Crippen LogP contribution in [0.1, 0.15) is 44.6 Å². The second-order valence-corrected chi connectivity index (χ2v) is 12.1. The Balaban J connectivity index is 1.91. The number of carbonyl (C=O) groups is 2. The molecule has 11 heteroatoms. The molecule has 3 rings (SSSR count). The van der Waals surface area contributed by atoms with E-state index in [2.05, 4.69) is 5.32 Å². The molecule has 0 saturated heterocycles. The lowest BCUT2D eigenvalue weighted by Crippen LogP contribution is -2.53. The first-order chi connectivity index (χ1) is 17.0. The number of rotatable bonds is 9. The molecule has 1 saturated carbocycles. The number of benzene rings is 2. The summed E-state index contributed by atoms with van der Waals surface area (Å²) in [5, 5.41) is 4.06. The van der Waals surface area contributed by atoms with Gasteiger partial charge in [0.25, 0.3) is 0 Å². The van der Waals surface area contributed by atoms with E-state index in [0.717, 1.165) is 42.7 Å². The molecule has 0 radical (unpaired) electrons. The van der Waals surface area contributed by atoms with Crippen LogP contribution < -0.4 is 9.62 Å². The second-order valence-electron chi connectivity index (χ2n) is 8.99. The standard InChI is InChI=1S/C25H30Cl3N3O4S/c1-17(25(33)29-19-9-4-3-5-10-19)30(15-21-22(27)12-7-13-23(21)28)24(32)16-31(36(2,34)35)20-11-6-8-18(26)14-20/h6-8,11-14,17,19H,3-5,9-10,15-16H2,1-2H3,(H,29,33)/t17-/m1/s1. The van der Waals surface area contributed by atoms with Gasteiger partial charge in [-0.1, -0.05) is 66.2 Å². The fourth-order valence-electron chi connectivity index (χ4n) is 4.25. The van der Waals surface area contributed by atoms with E-state index in [1.165, 1.54) is 11.0 Å². The van der Waals surface area contributed by atoms with Gasteiger partial charge in [-0.3, -0.25) is 13.9 Å². The zero-order valence-electron chi connectivity index (χ0n) is 20.2. The molecule has 1 atom stereocenters. The highest BCUT2D eigenvalue weighted by Gasteiger charge is 2.32. The van der Waals surface area contributed by atoms with Crippen LogP contribution in [-0.4, -0.2) is 50.0 Å². The van der Waals surface area contributed by atoms with Crippen molar-refractivity contribution in [1.29, 1.82) is 0 Å². The van der Waals surface area contributed by atoms with Gasteiger partial charge in [-0.05, 0) is 50.1 Å². The molecule has 2 aromatic carbocycles. The van der Waals surface area contributed by atoms with Gasteiger partial charge in [0, 0.05) is 33.2 Å². The third-order valence-corrected chi connectivity index (χ3v) is 8.37. The van der Waals surface area contributed by atoms with Gasteiger partial charge in [0.05, 0.1) is 11.9 Å². The van der Waals surface area contributed by atoms with Crippen molar-refractivity contribution in [1.82, 2.24) is 10.2 Å². The molecule has 1 N–H and O–H groups in total. The number of hydrogen-bond donors (Lipinski definition) is 1. The molecule has 2 aromatic rings. The molecular formula is C25H30Cl3N3O4S. The number of carbonyl (C=O) groups excluding carboxylic acids is 2. The van der Waals surface area contributed by atoms with Crippen LogP contribution in [0.2, 0.25) is 15.1 Å². The first kappa shape index (κ1) is 28.6. The van der Waals surface area contributed by atoms with E-state index in [1.54, 1.807) is 43.3 Å². The molecule has 0 spiro atoms. The van der Waals surface area contributed by atoms with E-state index in [-0.39, 0.29) is 24.2 Å². The summed E-state index contributed by atoms with van der Waals surface area (Å²) in [6.07, 6.45) is 6.01. The Kier molecular flexibility index (Phi) is 9.92. The Hall–Kier alpha value is -2.00. The lowest BCUT2D eigenvalue weighted by Gasteiger charge is -2.33. The van der Waals surface area contributed by atoms with E-state index in [0.29, 0.717) is 20.6 Å². The summed E-state index contributed by atoms with van der Waals surface area (Å²) in [7, 11) is -3.85. The van der Waals surface area contributed by atoms with Crippen molar-refractivity contribution in [3.63, 3.8) is 0 Å². The first-order valence-electron chi connectivity index (χ1n) is 11.7. The molecule has 36 heavy (non-hydrogen) atoms. The van der Waals surface area contributed by atoms with Crippen LogP contribution >= 0.6 is 34.8 Å². The minimum atomic E-state index is -3.85. The molecule has 0 bridgehead atoms. The first-order valence-corrected chi connectivity index (χ1v) is 14.7. The predicted octanol–water partition coefficient (Wildman–Crippen LogP) is 5.28. The SMILES string of the molecule is C[C@H](C(=O)NC1CCCCC1)N(Cc1c(Cl)cccc1Cl)C(=O)CN(c1cccc(Cl)c1)S(C)(=O)=O. The minimum absolute atomic E-state index is 0.0496. The molecule has 0 aromatic heterocycles. The van der Waals surface area contributed by atoms with Gasteiger partial charge in [-0.2, -0.15) is 0 Å². The molecule has 196 valence electrons. The molecule has 7 nitrogen and oxygen atoms in total. The van der Waals surface area contributed by atoms with Gasteiger partial charge >= 0.3 is 0 Å². The van der Waals surface area contributed by atoms with E-state index in [1.807, 2.05) is 0 Å². The Morgan fingerprint density at radius 2 is 1.64 bits per heavy atom. The molecular weight excluding hydrogens is 545 g/mol. The zero-order chi connectivity index (χ0) is 26.5. The van der Waals surface area contributed by atoms with E-state index >= 15 is 0 Å². The van der Waals surface area contributed by atoms with Gasteiger partial charge in [-0.15, -0.1) is 0 Å². The normalized spacial score (nSPS) is 15.2. The Morgan fingerprint density at radius 1 is 1.03 bits per heavy atom. The van der Waals surface area contributed by atoms with Crippen LogP contribution in [0.4, 0.5) is 5.69 Å². The summed E-state index contributed by atoms with van der Waals surface area (Å²) in [4.78, 5) is 28.2. The van der Waals surface area contributed by atoms with Crippen LogP contribution in [0, 0.1) is 0 Å². The molecule has 0 heterocycles. The highest BCUT2D eigenvalue weighted by atomic mass is 35.5. The number of hydrogen-bond acceptors (Lipinski definition) is 4. The van der Waals surface area contributed by atoms with Crippen molar-refractivity contribution in [3.8, 4) is 0 Å². The maximum Gasteiger partial charge on any atom is 0.244 e. The number of sulfonamides is 1. The number of nitrogens with one attached hydrogen (secondary N) is 1. The maximum atomic E-state index is 13.6. The van der Waals surface area contributed by atoms with Crippen LogP contribution in [0.25, 0.3) is 0 Å². The van der Waals surface area contributed by atoms with Gasteiger partial charge in [0.1, 0.15) is 12.6 Å². The monoisotopic (exact) mass is 573 g/mol. The molecule has 0 aliphatic heterocycles. The summed E-state index contributed by atoms with van der Waals surface area (Å²) in [6.45, 7) is 1.02. The minimum Gasteiger partial charge on any atom is -0.352 e. The quantitative estimate of drug-likeness (QED) is 0.442. The number of amides is 2. The van der Waals surface area contributed by atoms with Crippen molar-refractivity contribution in [2.24, 2.45) is 0 Å². The number of halogens is 3. The Morgan fingerprint density at radius 3 is 2.22 bits per heavy atom. The molecule has 1 aliphatic rings. The Labute approximate surface area is 227 Å². The van der Waals surface area contributed by atoms with Crippen LogP contribution in [0.3, 0.4) is 0 Å². The van der Waals surface area contributed by atoms with Gasteiger partial charge < -0.3 is 10.2 Å². The lowest BCUT2D eigenvalue weighted by molar-refractivity contribution is -0.139. The third-order valence-electron chi connectivity index (χ3n) is 6.28. The summed E-state index contributed by atoms with van der Waals surface area (Å²) in [6, 6.07) is 10.3. The average Bonchev–Trinajstić information content (AvgIpc) is 2.81. The van der Waals surface area contributed by atoms with E-state index in [4.69, 9.17) is 34.8 Å². The molecule has 0 unspecified atom stereocenters. The largest absolute Gasteiger partial charge is 0.352 e. The second kappa shape index (κ2) is 12.5. The van der Waals surface area contributed by atoms with Gasteiger partial charge in [0.15, 0.2) is 0 Å². The van der Waals surface area contributed by atoms with Crippen molar-refractivity contribution in [3.05, 3.63) is 63.1 Å². The number of nitrogens with zero attached hydrogens (tertiary/aromatic N) is 2. The van der Waals surface area contributed by atoms with Crippen LogP contribution in [0.15, 0.2) is 42.5 Å². The smallest absolute Gasteiger partial charge is 0.244 e. The van der Waals surface area contributed by atoms with Gasteiger partial charge in [-0.25, -0.2) is 8.42 Å². The highest BCUT2D eigenvalue weighted by molar-refractivity contribution is 7.92. The summed E-state index contributed by atoms with van der Waals surface area (Å²) >= 11 is 18.8. The average molecular weight is 575 g/mol. The summed E-state index contributed by atoms with van der Waals surface area (Å²) in [5.74, 6) is -0.894. The maximum absolute atomic E-state index is 13.6. The van der Waals surface area contributed by atoms with Crippen LogP contribution in [0.5, 0.6) is 0 Å². The number of anilines is 1. The third kappa shape index (κ3) is 7.51. The summed E-state index contributed by atoms with van der Waals surface area (Å²) in [5.41, 5.74) is 0.716. The fourth-order valence-corrected chi connectivity index (χ4v) is 5.79. The van der Waals surface area contributed by atoms with Crippen LogP contribution in [-0.2, 0) is 26.2 Å². The topological polar surface area (TPSA) is 86.8 Å². The van der Waals surface area contributed by atoms with E-state index in [9.17, 15) is 18.0 Å². The lowest BCUT2D eigenvalue weighted by atomic mass is 9.95. The van der Waals surface area contributed by atoms with Crippen molar-refractivity contribution in [2.75, 3.05) is 17.1 Å². The molecule has 2 amide bonds. The van der Waals surface area contributed by atoms with E-state index < -0.39 is 28.5 Å². The molecule has 1 aliphatic carbocycles. The van der Waals surface area contributed by atoms with Crippen molar-refractivity contribution >= 4 is 62.3 Å². The molecule has 1 fully saturated rings.